The first kappa shape index (κ1) is 14.6. The smallest absolute Gasteiger partial charge is 0.231 e. The lowest BCUT2D eigenvalue weighted by Gasteiger charge is -2.19. The fourth-order valence-electron chi connectivity index (χ4n) is 2.08. The third-order valence-corrected chi connectivity index (χ3v) is 3.66. The molecule has 0 radical (unpaired) electrons. The third-order valence-electron chi connectivity index (χ3n) is 3.16. The third kappa shape index (κ3) is 3.39. The molecule has 0 heterocycles. The number of likely N-dealkylation sites (N-methyl/N-ethyl adjacent to an activating group) is 1. The molecule has 0 saturated carbocycles. The maximum atomic E-state index is 12.3. The molecule has 2 N–H and O–H groups in total. The number of nitrogen functional groups attached to an aromatic ring is 1. The Hall–Kier alpha value is -1.81. The maximum absolute atomic E-state index is 12.3. The number of aryl methyl sites for hydroxylation is 1. The van der Waals surface area contributed by atoms with E-state index >= 15 is 0 Å². The number of nitrogens with zero attached hydrogens (tertiary/aromatic N) is 1. The number of anilines is 2. The summed E-state index contributed by atoms with van der Waals surface area (Å²) in [5.41, 5.74) is 9.43. The largest absolute Gasteiger partial charge is 0.397 e. The van der Waals surface area contributed by atoms with Gasteiger partial charge in [-0.15, -0.1) is 0 Å². The number of nitrogens with two attached hydrogens (primary N) is 1. The molecule has 2 aromatic rings. The Kier molecular flexibility index (Phi) is 4.45. The summed E-state index contributed by atoms with van der Waals surface area (Å²) in [7, 11) is 1.75. The van der Waals surface area contributed by atoms with Crippen LogP contribution >= 0.6 is 15.9 Å². The van der Waals surface area contributed by atoms with Crippen molar-refractivity contribution >= 4 is 33.2 Å². The van der Waals surface area contributed by atoms with Crippen LogP contribution in [0.5, 0.6) is 0 Å². The minimum atomic E-state index is 0.0182. The van der Waals surface area contributed by atoms with Crippen molar-refractivity contribution in [1.82, 2.24) is 0 Å². The van der Waals surface area contributed by atoms with Crippen LogP contribution in [0, 0.1) is 6.92 Å². The van der Waals surface area contributed by atoms with Crippen molar-refractivity contribution in [2.75, 3.05) is 17.7 Å². The number of carbonyl (C=O) groups is 1. The summed E-state index contributed by atoms with van der Waals surface area (Å²) < 4.78 is 0.901. The Morgan fingerprint density at radius 2 is 2.00 bits per heavy atom. The van der Waals surface area contributed by atoms with E-state index in [1.165, 1.54) is 0 Å². The van der Waals surface area contributed by atoms with E-state index in [9.17, 15) is 4.79 Å². The minimum Gasteiger partial charge on any atom is -0.397 e. The van der Waals surface area contributed by atoms with E-state index in [2.05, 4.69) is 15.9 Å². The van der Waals surface area contributed by atoms with E-state index in [0.717, 1.165) is 21.3 Å². The van der Waals surface area contributed by atoms with Crippen molar-refractivity contribution in [2.24, 2.45) is 0 Å². The van der Waals surface area contributed by atoms with Gasteiger partial charge < -0.3 is 10.6 Å². The second-order valence-electron chi connectivity index (χ2n) is 4.82. The molecule has 3 nitrogen and oxygen atoms in total. The molecule has 0 spiro atoms. The van der Waals surface area contributed by atoms with Gasteiger partial charge in [0.25, 0.3) is 0 Å². The van der Waals surface area contributed by atoms with E-state index in [1.807, 2.05) is 43.3 Å². The van der Waals surface area contributed by atoms with Gasteiger partial charge in [-0.3, -0.25) is 4.79 Å². The number of hydrogen-bond acceptors (Lipinski definition) is 2. The molecule has 0 aromatic heterocycles. The molecule has 2 aromatic carbocycles. The summed E-state index contributed by atoms with van der Waals surface area (Å²) in [6.07, 6.45) is 0.369. The molecule has 0 bridgehead atoms. The Labute approximate surface area is 127 Å². The van der Waals surface area contributed by atoms with Gasteiger partial charge in [0.15, 0.2) is 0 Å². The van der Waals surface area contributed by atoms with Crippen LogP contribution in [0.25, 0.3) is 0 Å². The van der Waals surface area contributed by atoms with E-state index in [0.29, 0.717) is 12.1 Å². The van der Waals surface area contributed by atoms with E-state index < -0.39 is 0 Å². The van der Waals surface area contributed by atoms with Crippen LogP contribution in [0.15, 0.2) is 46.9 Å². The first-order valence-electron chi connectivity index (χ1n) is 6.34. The van der Waals surface area contributed by atoms with E-state index in [-0.39, 0.29) is 5.91 Å². The van der Waals surface area contributed by atoms with Gasteiger partial charge >= 0.3 is 0 Å². The number of hydrogen-bond donors (Lipinski definition) is 1. The average molecular weight is 333 g/mol. The summed E-state index contributed by atoms with van der Waals surface area (Å²) in [6.45, 7) is 2.02. The highest BCUT2D eigenvalue weighted by Crippen LogP contribution is 2.26. The molecule has 0 unspecified atom stereocenters. The molecule has 4 heteroatoms. The van der Waals surface area contributed by atoms with Crippen molar-refractivity contribution in [1.29, 1.82) is 0 Å². The van der Waals surface area contributed by atoms with Gasteiger partial charge in [-0.25, -0.2) is 0 Å². The number of halogens is 1. The summed E-state index contributed by atoms with van der Waals surface area (Å²) in [6, 6.07) is 13.5. The quantitative estimate of drug-likeness (QED) is 0.873. The van der Waals surface area contributed by atoms with Gasteiger partial charge in [0.05, 0.1) is 17.8 Å². The number of amides is 1. The Bertz CT molecular complexity index is 640. The first-order valence-corrected chi connectivity index (χ1v) is 7.14. The molecule has 1 amide bonds. The average Bonchev–Trinajstić information content (AvgIpc) is 2.38. The lowest BCUT2D eigenvalue weighted by Crippen LogP contribution is -2.28. The molecule has 2 rings (SSSR count). The van der Waals surface area contributed by atoms with Gasteiger partial charge in [-0.05, 0) is 30.7 Å². The predicted molar refractivity (Wildman–Crippen MR) is 86.8 cm³/mol. The highest BCUT2D eigenvalue weighted by Gasteiger charge is 2.14. The van der Waals surface area contributed by atoms with Crippen LogP contribution in [0.2, 0.25) is 0 Å². The van der Waals surface area contributed by atoms with Gasteiger partial charge in [-0.1, -0.05) is 45.8 Å². The van der Waals surface area contributed by atoms with Crippen LogP contribution in [0.4, 0.5) is 11.4 Å². The highest BCUT2D eigenvalue weighted by atomic mass is 79.9. The SMILES string of the molecule is Cc1cccc(CC(=O)N(C)c2ccc(Br)cc2N)c1. The second-order valence-corrected chi connectivity index (χ2v) is 5.74. The van der Waals surface area contributed by atoms with Crippen molar-refractivity contribution in [3.8, 4) is 0 Å². The van der Waals surface area contributed by atoms with Gasteiger partial charge in [0.1, 0.15) is 0 Å². The molecule has 20 heavy (non-hydrogen) atoms. The zero-order valence-electron chi connectivity index (χ0n) is 11.6. The lowest BCUT2D eigenvalue weighted by molar-refractivity contribution is -0.117. The standard InChI is InChI=1S/C16H17BrN2O/c1-11-4-3-5-12(8-11)9-16(20)19(2)15-7-6-13(17)10-14(15)18/h3-8,10H,9,18H2,1-2H3. The molecule has 0 fully saturated rings. The van der Waals surface area contributed by atoms with E-state index in [1.54, 1.807) is 18.0 Å². The van der Waals surface area contributed by atoms with Crippen LogP contribution in [0.1, 0.15) is 11.1 Å². The summed E-state index contributed by atoms with van der Waals surface area (Å²) in [5.74, 6) is 0.0182. The molecule has 0 saturated heterocycles. The zero-order valence-corrected chi connectivity index (χ0v) is 13.1. The molecular weight excluding hydrogens is 316 g/mol. The van der Waals surface area contributed by atoms with Crippen LogP contribution in [-0.4, -0.2) is 13.0 Å². The van der Waals surface area contributed by atoms with Gasteiger partial charge in [0.2, 0.25) is 5.91 Å². The molecule has 0 aliphatic carbocycles. The first-order chi connectivity index (χ1) is 9.47. The van der Waals surface area contributed by atoms with Gasteiger partial charge in [0, 0.05) is 11.5 Å². The summed E-state index contributed by atoms with van der Waals surface area (Å²) in [5, 5.41) is 0. The van der Waals surface area contributed by atoms with Crippen LogP contribution in [0.3, 0.4) is 0 Å². The number of benzene rings is 2. The lowest BCUT2D eigenvalue weighted by atomic mass is 10.1. The van der Waals surface area contributed by atoms with Crippen LogP contribution in [-0.2, 0) is 11.2 Å². The van der Waals surface area contributed by atoms with Crippen LogP contribution < -0.4 is 10.6 Å². The minimum absolute atomic E-state index is 0.0182. The van der Waals surface area contributed by atoms with Crippen molar-refractivity contribution in [3.05, 3.63) is 58.1 Å². The normalized spacial score (nSPS) is 10.3. The highest BCUT2D eigenvalue weighted by molar-refractivity contribution is 9.10. The zero-order chi connectivity index (χ0) is 14.7. The molecular formula is C16H17BrN2O. The molecule has 0 atom stereocenters. The fraction of sp³-hybridized carbons (Fsp3) is 0.188. The summed E-state index contributed by atoms with van der Waals surface area (Å²) in [4.78, 5) is 13.9. The van der Waals surface area contributed by atoms with Gasteiger partial charge in [-0.2, -0.15) is 0 Å². The molecule has 0 aliphatic heterocycles. The van der Waals surface area contributed by atoms with Crippen molar-refractivity contribution < 1.29 is 4.79 Å². The Morgan fingerprint density at radius 1 is 1.25 bits per heavy atom. The number of rotatable bonds is 3. The van der Waals surface area contributed by atoms with Crippen molar-refractivity contribution in [2.45, 2.75) is 13.3 Å². The number of carbonyl (C=O) groups excluding carboxylic acids is 1. The predicted octanol–water partition coefficient (Wildman–Crippen LogP) is 3.55. The topological polar surface area (TPSA) is 46.3 Å². The van der Waals surface area contributed by atoms with E-state index in [4.69, 9.17) is 5.73 Å². The van der Waals surface area contributed by atoms with Crippen molar-refractivity contribution in [3.63, 3.8) is 0 Å². The monoisotopic (exact) mass is 332 g/mol. The Morgan fingerprint density at radius 3 is 2.65 bits per heavy atom. The molecule has 104 valence electrons. The second kappa shape index (κ2) is 6.09. The maximum Gasteiger partial charge on any atom is 0.231 e. The fourth-order valence-corrected chi connectivity index (χ4v) is 2.46. The molecule has 0 aliphatic rings. The Balaban J connectivity index is 2.16. The summed E-state index contributed by atoms with van der Waals surface area (Å²) >= 11 is 3.36.